The summed E-state index contributed by atoms with van der Waals surface area (Å²) in [4.78, 5) is 44.5. The normalized spacial score (nSPS) is 16.5. The molecule has 0 saturated carbocycles. The number of aromatic nitrogens is 1. The van der Waals surface area contributed by atoms with Crippen molar-refractivity contribution >= 4 is 29.1 Å². The number of esters is 1. The van der Waals surface area contributed by atoms with Crippen LogP contribution in [0.25, 0.3) is 5.76 Å². The molecule has 8 nitrogen and oxygen atoms in total. The minimum atomic E-state index is -0.922. The highest BCUT2D eigenvalue weighted by molar-refractivity contribution is 6.51. The Labute approximate surface area is 227 Å². The topological polar surface area (TPSA) is 106 Å². The molecule has 2 aromatic carbocycles. The van der Waals surface area contributed by atoms with Gasteiger partial charge in [0, 0.05) is 23.6 Å². The fourth-order valence-electron chi connectivity index (χ4n) is 4.36. The van der Waals surface area contributed by atoms with Crippen LogP contribution < -0.4 is 9.64 Å². The van der Waals surface area contributed by atoms with Gasteiger partial charge in [-0.05, 0) is 78.9 Å². The van der Waals surface area contributed by atoms with Crippen molar-refractivity contribution < 1.29 is 29.0 Å². The Morgan fingerprint density at radius 1 is 1.08 bits per heavy atom. The molecule has 0 bridgehead atoms. The molecule has 202 valence electrons. The number of rotatable bonds is 9. The number of Topliss-reactive ketones (excluding diaryl/α,β-unsaturated/α-hetero) is 1. The number of hydrogen-bond donors (Lipinski definition) is 1. The molecule has 1 aromatic heterocycles. The summed E-state index contributed by atoms with van der Waals surface area (Å²) in [5.74, 6) is -1.33. The van der Waals surface area contributed by atoms with Crippen LogP contribution >= 0.6 is 0 Å². The summed E-state index contributed by atoms with van der Waals surface area (Å²) in [5, 5.41) is 11.4. The maximum Gasteiger partial charge on any atom is 0.338 e. The number of anilines is 1. The lowest BCUT2D eigenvalue weighted by molar-refractivity contribution is -0.132. The number of pyridine rings is 1. The molecule has 8 heteroatoms. The molecule has 1 aliphatic heterocycles. The quantitative estimate of drug-likeness (QED) is 0.166. The molecule has 2 heterocycles. The zero-order chi connectivity index (χ0) is 28.1. The van der Waals surface area contributed by atoms with E-state index in [4.69, 9.17) is 9.47 Å². The van der Waals surface area contributed by atoms with Gasteiger partial charge in [0.05, 0.1) is 30.4 Å². The third-order valence-corrected chi connectivity index (χ3v) is 6.28. The number of amides is 1. The maximum absolute atomic E-state index is 13.4. The molecule has 0 radical (unpaired) electrons. The largest absolute Gasteiger partial charge is 0.507 e. The highest BCUT2D eigenvalue weighted by Gasteiger charge is 2.47. The van der Waals surface area contributed by atoms with Crippen molar-refractivity contribution in [3.8, 4) is 5.75 Å². The first-order valence-electron chi connectivity index (χ1n) is 12.9. The van der Waals surface area contributed by atoms with Crippen molar-refractivity contribution in [3.05, 3.63) is 94.8 Å². The zero-order valence-corrected chi connectivity index (χ0v) is 22.5. The highest BCUT2D eigenvalue weighted by atomic mass is 16.5. The minimum absolute atomic E-state index is 0.0466. The molecule has 1 amide bonds. The summed E-state index contributed by atoms with van der Waals surface area (Å²) >= 11 is 0. The summed E-state index contributed by atoms with van der Waals surface area (Å²) in [7, 11) is 0. The predicted octanol–water partition coefficient (Wildman–Crippen LogP) is 5.62. The molecule has 1 atom stereocenters. The van der Waals surface area contributed by atoms with E-state index in [1.165, 1.54) is 4.90 Å². The van der Waals surface area contributed by atoms with Gasteiger partial charge in [0.1, 0.15) is 11.5 Å². The van der Waals surface area contributed by atoms with Crippen LogP contribution in [0.1, 0.15) is 60.3 Å². The molecule has 1 unspecified atom stereocenters. The first kappa shape index (κ1) is 27.6. The molecule has 3 aromatic rings. The number of ketones is 1. The second kappa shape index (κ2) is 11.9. The van der Waals surface area contributed by atoms with Gasteiger partial charge in [-0.15, -0.1) is 0 Å². The third-order valence-electron chi connectivity index (χ3n) is 6.28. The number of carbonyl (C=O) groups excluding carboxylic acids is 3. The van der Waals surface area contributed by atoms with Gasteiger partial charge in [0.15, 0.2) is 0 Å². The van der Waals surface area contributed by atoms with Crippen LogP contribution in [0.2, 0.25) is 0 Å². The second-order valence-electron chi connectivity index (χ2n) is 9.82. The SMILES string of the molecule is CCCOC(=O)c1ccc(N2C(=O)C(=O)/C(=C(\O)c3ccc(OCC(C)C)c(C)c3)C2c2cccnc2)cc1. The Hall–Kier alpha value is -4.46. The number of ether oxygens (including phenoxy) is 2. The van der Waals surface area contributed by atoms with Gasteiger partial charge < -0.3 is 14.6 Å². The van der Waals surface area contributed by atoms with E-state index in [-0.39, 0.29) is 11.3 Å². The first-order chi connectivity index (χ1) is 18.7. The lowest BCUT2D eigenvalue weighted by atomic mass is 9.95. The number of aliphatic hydroxyl groups excluding tert-OH is 1. The minimum Gasteiger partial charge on any atom is -0.507 e. The van der Waals surface area contributed by atoms with Gasteiger partial charge in [0.25, 0.3) is 11.7 Å². The van der Waals surface area contributed by atoms with Gasteiger partial charge in [-0.1, -0.05) is 26.8 Å². The zero-order valence-electron chi connectivity index (χ0n) is 22.5. The van der Waals surface area contributed by atoms with Crippen LogP contribution in [0.5, 0.6) is 5.75 Å². The van der Waals surface area contributed by atoms with Crippen LogP contribution in [-0.2, 0) is 14.3 Å². The van der Waals surface area contributed by atoms with Crippen molar-refractivity contribution in [3.63, 3.8) is 0 Å². The van der Waals surface area contributed by atoms with Crippen molar-refractivity contribution in [2.75, 3.05) is 18.1 Å². The van der Waals surface area contributed by atoms with Crippen molar-refractivity contribution in [2.24, 2.45) is 5.92 Å². The monoisotopic (exact) mass is 528 g/mol. The number of hydrogen-bond acceptors (Lipinski definition) is 7. The smallest absolute Gasteiger partial charge is 0.338 e. The predicted molar refractivity (Wildman–Crippen MR) is 148 cm³/mol. The van der Waals surface area contributed by atoms with Crippen LogP contribution in [0.3, 0.4) is 0 Å². The number of nitrogens with zero attached hydrogens (tertiary/aromatic N) is 2. The van der Waals surface area contributed by atoms with E-state index in [0.717, 1.165) is 5.56 Å². The van der Waals surface area contributed by atoms with Gasteiger partial charge in [0.2, 0.25) is 0 Å². The summed E-state index contributed by atoms with van der Waals surface area (Å²) in [6.45, 7) is 8.73. The Kier molecular flexibility index (Phi) is 8.44. The van der Waals surface area contributed by atoms with Gasteiger partial charge in [-0.3, -0.25) is 19.5 Å². The molecule has 39 heavy (non-hydrogen) atoms. The molecular formula is C31H32N2O6. The Bertz CT molecular complexity index is 1400. The standard InChI is InChI=1S/C31H32N2O6/c1-5-15-38-31(37)21-8-11-24(12-9-21)33-27(23-7-6-14-32-17-23)26(29(35)30(33)36)28(34)22-10-13-25(20(4)16-22)39-18-19(2)3/h6-14,16-17,19,27,34H,5,15,18H2,1-4H3/b28-26-. The highest BCUT2D eigenvalue weighted by Crippen LogP contribution is 2.42. The van der Waals surface area contributed by atoms with E-state index in [0.29, 0.717) is 53.7 Å². The molecule has 1 fully saturated rings. The average Bonchev–Trinajstić information content (AvgIpc) is 3.21. The molecule has 4 rings (SSSR count). The van der Waals surface area contributed by atoms with E-state index in [1.807, 2.05) is 13.8 Å². The van der Waals surface area contributed by atoms with Crippen molar-refractivity contribution in [1.82, 2.24) is 4.98 Å². The summed E-state index contributed by atoms with van der Waals surface area (Å²) in [5.41, 5.74) is 2.42. The van der Waals surface area contributed by atoms with Crippen LogP contribution in [0, 0.1) is 12.8 Å². The number of carbonyl (C=O) groups is 3. The summed E-state index contributed by atoms with van der Waals surface area (Å²) in [6.07, 6.45) is 3.85. The third kappa shape index (κ3) is 5.85. The van der Waals surface area contributed by atoms with Gasteiger partial charge in [-0.2, -0.15) is 0 Å². The fraction of sp³-hybridized carbons (Fsp3) is 0.290. The number of aliphatic hydroxyl groups is 1. The summed E-state index contributed by atoms with van der Waals surface area (Å²) in [6, 6.07) is 13.9. The Morgan fingerprint density at radius 2 is 1.79 bits per heavy atom. The molecule has 1 aliphatic rings. The lowest BCUT2D eigenvalue weighted by Gasteiger charge is -2.25. The van der Waals surface area contributed by atoms with Gasteiger partial charge >= 0.3 is 5.97 Å². The van der Waals surface area contributed by atoms with E-state index in [9.17, 15) is 19.5 Å². The van der Waals surface area contributed by atoms with Crippen LogP contribution in [0.4, 0.5) is 5.69 Å². The molecular weight excluding hydrogens is 496 g/mol. The first-order valence-corrected chi connectivity index (χ1v) is 12.9. The fourth-order valence-corrected chi connectivity index (χ4v) is 4.36. The van der Waals surface area contributed by atoms with Crippen LogP contribution in [-0.4, -0.2) is 41.0 Å². The van der Waals surface area contributed by atoms with E-state index in [1.54, 1.807) is 67.0 Å². The average molecular weight is 529 g/mol. The number of aryl methyl sites for hydroxylation is 1. The number of benzene rings is 2. The van der Waals surface area contributed by atoms with Gasteiger partial charge in [-0.25, -0.2) is 4.79 Å². The molecule has 0 aliphatic carbocycles. The molecule has 0 spiro atoms. The summed E-state index contributed by atoms with van der Waals surface area (Å²) < 4.78 is 11.0. The molecule has 1 saturated heterocycles. The lowest BCUT2D eigenvalue weighted by Crippen LogP contribution is -2.29. The van der Waals surface area contributed by atoms with Crippen molar-refractivity contribution in [2.45, 2.75) is 40.2 Å². The van der Waals surface area contributed by atoms with E-state index >= 15 is 0 Å². The van der Waals surface area contributed by atoms with Crippen molar-refractivity contribution in [1.29, 1.82) is 0 Å². The molecule has 1 N–H and O–H groups in total. The van der Waals surface area contributed by atoms with E-state index in [2.05, 4.69) is 18.8 Å². The van der Waals surface area contributed by atoms with E-state index < -0.39 is 23.7 Å². The maximum atomic E-state index is 13.4. The van der Waals surface area contributed by atoms with Crippen LogP contribution in [0.15, 0.2) is 72.6 Å². The Morgan fingerprint density at radius 3 is 2.41 bits per heavy atom. The Balaban J connectivity index is 1.76. The second-order valence-corrected chi connectivity index (χ2v) is 9.82.